The molecule has 4 nitrogen and oxygen atoms in total. The van der Waals surface area contributed by atoms with Gasteiger partial charge in [-0.1, -0.05) is 6.07 Å². The molecule has 2 amide bonds. The zero-order valence-electron chi connectivity index (χ0n) is 11.2. The van der Waals surface area contributed by atoms with Crippen LogP contribution in [-0.4, -0.2) is 25.2 Å². The molecule has 2 fully saturated rings. The molecule has 102 valence electrons. The lowest BCUT2D eigenvalue weighted by Gasteiger charge is -2.29. The van der Waals surface area contributed by atoms with Crippen LogP contribution in [0.25, 0.3) is 0 Å². The first-order valence-electron chi connectivity index (χ1n) is 7.24. The summed E-state index contributed by atoms with van der Waals surface area (Å²) < 4.78 is 0. The molecule has 2 N–H and O–H groups in total. The van der Waals surface area contributed by atoms with Gasteiger partial charge in [0.05, 0.1) is 0 Å². The molecular weight excluding hydrogens is 238 g/mol. The van der Waals surface area contributed by atoms with Crippen molar-refractivity contribution >= 4 is 17.4 Å². The minimum Gasteiger partial charge on any atom is -0.371 e. The van der Waals surface area contributed by atoms with Gasteiger partial charge in [0.2, 0.25) is 0 Å². The molecule has 1 saturated heterocycles. The summed E-state index contributed by atoms with van der Waals surface area (Å²) in [6.45, 7) is 2.25. The van der Waals surface area contributed by atoms with Gasteiger partial charge in [-0.15, -0.1) is 0 Å². The fraction of sp³-hybridized carbons (Fsp3) is 0.533. The summed E-state index contributed by atoms with van der Waals surface area (Å²) in [5.74, 6) is 0. The van der Waals surface area contributed by atoms with E-state index in [0.717, 1.165) is 31.6 Å². The molecule has 19 heavy (non-hydrogen) atoms. The Morgan fingerprint density at radius 2 is 1.95 bits per heavy atom. The summed E-state index contributed by atoms with van der Waals surface area (Å²) in [7, 11) is 0. The Hall–Kier alpha value is -1.71. The number of piperidine rings is 1. The molecule has 1 aliphatic carbocycles. The van der Waals surface area contributed by atoms with Gasteiger partial charge in [0.15, 0.2) is 0 Å². The zero-order valence-corrected chi connectivity index (χ0v) is 11.2. The summed E-state index contributed by atoms with van der Waals surface area (Å²) in [4.78, 5) is 14.1. The van der Waals surface area contributed by atoms with Gasteiger partial charge in [-0.2, -0.15) is 0 Å². The van der Waals surface area contributed by atoms with E-state index in [0.29, 0.717) is 6.04 Å². The van der Waals surface area contributed by atoms with Crippen LogP contribution < -0.4 is 15.5 Å². The molecule has 1 saturated carbocycles. The number of nitrogens with zero attached hydrogens (tertiary/aromatic N) is 1. The molecule has 3 rings (SSSR count). The molecule has 2 aliphatic rings. The van der Waals surface area contributed by atoms with Gasteiger partial charge < -0.3 is 15.5 Å². The molecule has 0 radical (unpaired) electrons. The molecule has 1 aromatic carbocycles. The molecule has 4 heteroatoms. The van der Waals surface area contributed by atoms with E-state index >= 15 is 0 Å². The van der Waals surface area contributed by atoms with Crippen LogP contribution in [0.2, 0.25) is 0 Å². The van der Waals surface area contributed by atoms with E-state index in [1.807, 2.05) is 12.1 Å². The number of carbonyl (C=O) groups excluding carboxylic acids is 1. The van der Waals surface area contributed by atoms with E-state index in [2.05, 4.69) is 27.7 Å². The normalized spacial score (nSPS) is 19.1. The second-order valence-electron chi connectivity index (χ2n) is 5.47. The van der Waals surface area contributed by atoms with Crippen LogP contribution in [-0.2, 0) is 0 Å². The maximum atomic E-state index is 11.7. The molecule has 0 aromatic heterocycles. The van der Waals surface area contributed by atoms with Gasteiger partial charge in [0.1, 0.15) is 0 Å². The van der Waals surface area contributed by atoms with Crippen LogP contribution in [0.5, 0.6) is 0 Å². The third kappa shape index (κ3) is 3.40. The van der Waals surface area contributed by atoms with Crippen molar-refractivity contribution in [2.45, 2.75) is 38.1 Å². The van der Waals surface area contributed by atoms with Crippen molar-refractivity contribution in [1.29, 1.82) is 0 Å². The first-order valence-corrected chi connectivity index (χ1v) is 7.24. The standard InChI is InChI=1S/C15H21N3O/c19-15(16-12-7-8-12)17-13-5-4-6-14(11-13)18-9-2-1-3-10-18/h4-6,11-12H,1-3,7-10H2,(H2,16,17,19). The largest absolute Gasteiger partial charge is 0.371 e. The van der Waals surface area contributed by atoms with Crippen LogP contribution >= 0.6 is 0 Å². The second kappa shape index (κ2) is 5.51. The minimum absolute atomic E-state index is 0.0849. The van der Waals surface area contributed by atoms with E-state index in [1.54, 1.807) is 0 Å². The van der Waals surface area contributed by atoms with Crippen LogP contribution in [0.3, 0.4) is 0 Å². The highest BCUT2D eigenvalue weighted by Crippen LogP contribution is 2.23. The first-order chi connectivity index (χ1) is 9.31. The maximum absolute atomic E-state index is 11.7. The monoisotopic (exact) mass is 259 g/mol. The molecule has 1 aliphatic heterocycles. The van der Waals surface area contributed by atoms with Gasteiger partial charge in [-0.25, -0.2) is 4.79 Å². The Balaban J connectivity index is 1.62. The van der Waals surface area contributed by atoms with Gasteiger partial charge >= 0.3 is 6.03 Å². The third-order valence-corrected chi connectivity index (χ3v) is 3.74. The summed E-state index contributed by atoms with van der Waals surface area (Å²) in [6, 6.07) is 8.45. The number of carbonyl (C=O) groups is 1. The van der Waals surface area contributed by atoms with Gasteiger partial charge in [-0.05, 0) is 50.3 Å². The number of urea groups is 1. The van der Waals surface area contributed by atoms with E-state index in [9.17, 15) is 4.79 Å². The molecular formula is C15H21N3O. The lowest BCUT2D eigenvalue weighted by atomic mass is 10.1. The molecule has 0 atom stereocenters. The highest BCUT2D eigenvalue weighted by molar-refractivity contribution is 5.90. The lowest BCUT2D eigenvalue weighted by molar-refractivity contribution is 0.251. The Kier molecular flexibility index (Phi) is 3.58. The fourth-order valence-electron chi connectivity index (χ4n) is 2.51. The Morgan fingerprint density at radius 3 is 2.68 bits per heavy atom. The number of benzene rings is 1. The average molecular weight is 259 g/mol. The molecule has 0 spiro atoms. The summed E-state index contributed by atoms with van der Waals surface area (Å²) in [6.07, 6.45) is 6.08. The summed E-state index contributed by atoms with van der Waals surface area (Å²) in [5.41, 5.74) is 2.09. The Bertz CT molecular complexity index is 450. The van der Waals surface area contributed by atoms with Crippen LogP contribution in [0.4, 0.5) is 16.2 Å². The van der Waals surface area contributed by atoms with Gasteiger partial charge in [0, 0.05) is 30.5 Å². The third-order valence-electron chi connectivity index (χ3n) is 3.74. The smallest absolute Gasteiger partial charge is 0.319 e. The van der Waals surface area contributed by atoms with E-state index in [-0.39, 0.29) is 6.03 Å². The minimum atomic E-state index is -0.0849. The van der Waals surface area contributed by atoms with Gasteiger partial charge in [-0.3, -0.25) is 0 Å². The average Bonchev–Trinajstić information content (AvgIpc) is 3.24. The fourth-order valence-corrected chi connectivity index (χ4v) is 2.51. The lowest BCUT2D eigenvalue weighted by Crippen LogP contribution is -2.31. The predicted molar refractivity (Wildman–Crippen MR) is 77.7 cm³/mol. The number of hydrogen-bond acceptors (Lipinski definition) is 2. The molecule has 0 unspecified atom stereocenters. The number of amides is 2. The van der Waals surface area contributed by atoms with E-state index < -0.39 is 0 Å². The zero-order chi connectivity index (χ0) is 13.1. The Morgan fingerprint density at radius 1 is 1.16 bits per heavy atom. The highest BCUT2D eigenvalue weighted by Gasteiger charge is 2.23. The molecule has 1 heterocycles. The molecule has 1 aromatic rings. The van der Waals surface area contributed by atoms with Crippen molar-refractivity contribution in [2.75, 3.05) is 23.3 Å². The predicted octanol–water partition coefficient (Wildman–Crippen LogP) is 2.96. The second-order valence-corrected chi connectivity index (χ2v) is 5.47. The maximum Gasteiger partial charge on any atom is 0.319 e. The summed E-state index contributed by atoms with van der Waals surface area (Å²) >= 11 is 0. The number of rotatable bonds is 3. The first kappa shape index (κ1) is 12.3. The van der Waals surface area contributed by atoms with Crippen molar-refractivity contribution in [3.05, 3.63) is 24.3 Å². The van der Waals surface area contributed by atoms with E-state index in [1.165, 1.54) is 24.9 Å². The van der Waals surface area contributed by atoms with Crippen LogP contribution in [0.15, 0.2) is 24.3 Å². The quantitative estimate of drug-likeness (QED) is 0.876. The van der Waals surface area contributed by atoms with Crippen molar-refractivity contribution in [2.24, 2.45) is 0 Å². The van der Waals surface area contributed by atoms with Crippen molar-refractivity contribution in [3.8, 4) is 0 Å². The van der Waals surface area contributed by atoms with Crippen molar-refractivity contribution in [3.63, 3.8) is 0 Å². The van der Waals surface area contributed by atoms with Gasteiger partial charge in [0.25, 0.3) is 0 Å². The van der Waals surface area contributed by atoms with Crippen LogP contribution in [0, 0.1) is 0 Å². The number of nitrogens with one attached hydrogen (secondary N) is 2. The highest BCUT2D eigenvalue weighted by atomic mass is 16.2. The van der Waals surface area contributed by atoms with Crippen LogP contribution in [0.1, 0.15) is 32.1 Å². The number of hydrogen-bond donors (Lipinski definition) is 2. The number of anilines is 2. The van der Waals surface area contributed by atoms with E-state index in [4.69, 9.17) is 0 Å². The van der Waals surface area contributed by atoms with Crippen molar-refractivity contribution < 1.29 is 4.79 Å². The van der Waals surface area contributed by atoms with Crippen molar-refractivity contribution in [1.82, 2.24) is 5.32 Å². The SMILES string of the molecule is O=C(Nc1cccc(N2CCCCC2)c1)NC1CC1. The molecule has 0 bridgehead atoms. The topological polar surface area (TPSA) is 44.4 Å². The Labute approximate surface area is 114 Å². The summed E-state index contributed by atoms with van der Waals surface area (Å²) in [5, 5.41) is 5.85.